The van der Waals surface area contributed by atoms with E-state index in [0.717, 1.165) is 42.7 Å². The lowest BCUT2D eigenvalue weighted by molar-refractivity contribution is 0.290. The quantitative estimate of drug-likeness (QED) is 0.647. The summed E-state index contributed by atoms with van der Waals surface area (Å²) in [7, 11) is 0. The smallest absolute Gasteiger partial charge is 0.221 e. The van der Waals surface area contributed by atoms with Crippen molar-refractivity contribution >= 4 is 5.82 Å². The maximum atomic E-state index is 5.93. The second-order valence-electron chi connectivity index (χ2n) is 5.93. The molecule has 0 spiro atoms. The third kappa shape index (κ3) is 4.87. The van der Waals surface area contributed by atoms with Gasteiger partial charge in [-0.25, -0.2) is 4.98 Å². The minimum atomic E-state index is 0.551. The molecule has 0 radical (unpaired) electrons. The van der Waals surface area contributed by atoms with Crippen LogP contribution >= 0.6 is 0 Å². The zero-order valence-electron chi connectivity index (χ0n) is 13.7. The van der Waals surface area contributed by atoms with Crippen LogP contribution in [0.5, 0.6) is 5.88 Å². The van der Waals surface area contributed by atoms with Crippen LogP contribution in [0.3, 0.4) is 0 Å². The van der Waals surface area contributed by atoms with Crippen LogP contribution in [-0.4, -0.2) is 23.1 Å². The normalized spacial score (nSPS) is 14.2. The molecule has 0 atom stereocenters. The molecule has 0 aromatic carbocycles. The molecule has 1 saturated carbocycles. The van der Waals surface area contributed by atoms with Crippen molar-refractivity contribution in [3.63, 3.8) is 0 Å². The zero-order chi connectivity index (χ0) is 15.1. The van der Waals surface area contributed by atoms with Crippen molar-refractivity contribution in [2.45, 2.75) is 71.6 Å². The third-order valence-corrected chi connectivity index (χ3v) is 3.89. The van der Waals surface area contributed by atoms with Crippen LogP contribution in [0.2, 0.25) is 0 Å². The van der Waals surface area contributed by atoms with Crippen molar-refractivity contribution < 1.29 is 4.74 Å². The predicted octanol–water partition coefficient (Wildman–Crippen LogP) is 4.44. The van der Waals surface area contributed by atoms with Crippen molar-refractivity contribution in [1.29, 1.82) is 0 Å². The average molecular weight is 291 g/mol. The van der Waals surface area contributed by atoms with Crippen LogP contribution in [-0.2, 0) is 0 Å². The van der Waals surface area contributed by atoms with Gasteiger partial charge in [-0.2, -0.15) is 4.98 Å². The third-order valence-electron chi connectivity index (χ3n) is 3.89. The monoisotopic (exact) mass is 291 g/mol. The Morgan fingerprint density at radius 1 is 1.10 bits per heavy atom. The number of nitrogens with zero attached hydrogens (tertiary/aromatic N) is 2. The SMILES string of the molecule is CCCCCCCOc1nc(C2CC2)nc(NCC)c1C. The largest absolute Gasteiger partial charge is 0.477 e. The summed E-state index contributed by atoms with van der Waals surface area (Å²) >= 11 is 0. The molecule has 1 aliphatic rings. The summed E-state index contributed by atoms with van der Waals surface area (Å²) < 4.78 is 5.93. The molecule has 4 nitrogen and oxygen atoms in total. The van der Waals surface area contributed by atoms with Crippen molar-refractivity contribution in [3.8, 4) is 5.88 Å². The lowest BCUT2D eigenvalue weighted by Gasteiger charge is -2.13. The molecular formula is C17H29N3O. The van der Waals surface area contributed by atoms with Gasteiger partial charge < -0.3 is 10.1 Å². The average Bonchev–Trinajstić information content (AvgIpc) is 3.31. The Kier molecular flexibility index (Phi) is 6.27. The summed E-state index contributed by atoms with van der Waals surface area (Å²) in [5.41, 5.74) is 1.04. The number of unbranched alkanes of at least 4 members (excludes halogenated alkanes) is 4. The molecule has 1 aromatic heterocycles. The summed E-state index contributed by atoms with van der Waals surface area (Å²) in [6.07, 6.45) is 8.69. The molecule has 0 unspecified atom stereocenters. The number of hydrogen-bond acceptors (Lipinski definition) is 4. The fourth-order valence-corrected chi connectivity index (χ4v) is 2.39. The lowest BCUT2D eigenvalue weighted by Crippen LogP contribution is -2.09. The first-order chi connectivity index (χ1) is 10.3. The first-order valence-corrected chi connectivity index (χ1v) is 8.51. The van der Waals surface area contributed by atoms with Crippen LogP contribution in [0, 0.1) is 6.92 Å². The van der Waals surface area contributed by atoms with E-state index in [1.54, 1.807) is 0 Å². The molecule has 0 bridgehead atoms. The number of hydrogen-bond donors (Lipinski definition) is 1. The van der Waals surface area contributed by atoms with Gasteiger partial charge in [0, 0.05) is 12.5 Å². The number of nitrogens with one attached hydrogen (secondary N) is 1. The van der Waals surface area contributed by atoms with Crippen LogP contribution < -0.4 is 10.1 Å². The molecule has 0 aliphatic heterocycles. The van der Waals surface area contributed by atoms with Crippen molar-refractivity contribution in [3.05, 3.63) is 11.4 Å². The zero-order valence-corrected chi connectivity index (χ0v) is 13.7. The standard InChI is InChI=1S/C17H29N3O/c1-4-6-7-8-9-12-21-17-13(3)15(18-5-2)19-16(20-17)14-10-11-14/h14H,4-12H2,1-3H3,(H,18,19,20). The van der Waals surface area contributed by atoms with Gasteiger partial charge in [0.2, 0.25) is 5.88 Å². The molecule has 1 aromatic rings. The topological polar surface area (TPSA) is 47.0 Å². The summed E-state index contributed by atoms with van der Waals surface area (Å²) in [4.78, 5) is 9.29. The lowest BCUT2D eigenvalue weighted by atomic mass is 10.2. The van der Waals surface area contributed by atoms with Gasteiger partial charge in [-0.05, 0) is 33.1 Å². The summed E-state index contributed by atoms with van der Waals surface area (Å²) in [5, 5.41) is 3.33. The van der Waals surface area contributed by atoms with Gasteiger partial charge >= 0.3 is 0 Å². The second-order valence-corrected chi connectivity index (χ2v) is 5.93. The van der Waals surface area contributed by atoms with E-state index in [4.69, 9.17) is 4.74 Å². The van der Waals surface area contributed by atoms with Gasteiger partial charge in [-0.1, -0.05) is 32.6 Å². The first kappa shape index (κ1) is 16.1. The van der Waals surface area contributed by atoms with Gasteiger partial charge in [0.05, 0.1) is 12.2 Å². The Labute approximate surface area is 128 Å². The van der Waals surface area contributed by atoms with E-state index in [1.807, 2.05) is 6.92 Å². The van der Waals surface area contributed by atoms with E-state index < -0.39 is 0 Å². The van der Waals surface area contributed by atoms with Gasteiger partial charge in [0.1, 0.15) is 11.6 Å². The highest BCUT2D eigenvalue weighted by molar-refractivity contribution is 5.49. The van der Waals surface area contributed by atoms with Crippen LogP contribution in [0.4, 0.5) is 5.82 Å². The fourth-order valence-electron chi connectivity index (χ4n) is 2.39. The molecule has 118 valence electrons. The number of ether oxygens (including phenoxy) is 1. The molecule has 4 heteroatoms. The van der Waals surface area contributed by atoms with Gasteiger partial charge in [-0.15, -0.1) is 0 Å². The molecule has 0 amide bonds. The molecule has 1 N–H and O–H groups in total. The van der Waals surface area contributed by atoms with E-state index >= 15 is 0 Å². The highest BCUT2D eigenvalue weighted by atomic mass is 16.5. The van der Waals surface area contributed by atoms with Gasteiger partial charge in [-0.3, -0.25) is 0 Å². The molecule has 21 heavy (non-hydrogen) atoms. The Morgan fingerprint density at radius 3 is 2.52 bits per heavy atom. The fraction of sp³-hybridized carbons (Fsp3) is 0.765. The Balaban J connectivity index is 1.93. The molecule has 1 aliphatic carbocycles. The molecule has 0 saturated heterocycles. The van der Waals surface area contributed by atoms with E-state index in [0.29, 0.717) is 5.92 Å². The second kappa shape index (κ2) is 8.20. The highest BCUT2D eigenvalue weighted by Gasteiger charge is 2.28. The van der Waals surface area contributed by atoms with Crippen molar-refractivity contribution in [1.82, 2.24) is 9.97 Å². The maximum Gasteiger partial charge on any atom is 0.221 e. The molecule has 1 fully saturated rings. The molecule has 1 heterocycles. The Morgan fingerprint density at radius 2 is 1.86 bits per heavy atom. The number of rotatable bonds is 10. The van der Waals surface area contributed by atoms with Crippen molar-refractivity contribution in [2.75, 3.05) is 18.5 Å². The molecular weight excluding hydrogens is 262 g/mol. The van der Waals surface area contributed by atoms with E-state index in [1.165, 1.54) is 38.5 Å². The predicted molar refractivity (Wildman–Crippen MR) is 87.2 cm³/mol. The Hall–Kier alpha value is -1.32. The van der Waals surface area contributed by atoms with Crippen molar-refractivity contribution in [2.24, 2.45) is 0 Å². The number of anilines is 1. The number of aromatic nitrogens is 2. The minimum absolute atomic E-state index is 0.551. The van der Waals surface area contributed by atoms with Gasteiger partial charge in [0.15, 0.2) is 0 Å². The van der Waals surface area contributed by atoms with E-state index in [-0.39, 0.29) is 0 Å². The summed E-state index contributed by atoms with van der Waals surface area (Å²) in [5.74, 6) is 3.22. The van der Waals surface area contributed by atoms with E-state index in [9.17, 15) is 0 Å². The maximum absolute atomic E-state index is 5.93. The highest BCUT2D eigenvalue weighted by Crippen LogP contribution is 2.39. The minimum Gasteiger partial charge on any atom is -0.477 e. The van der Waals surface area contributed by atoms with Crippen LogP contribution in [0.25, 0.3) is 0 Å². The summed E-state index contributed by atoms with van der Waals surface area (Å²) in [6.45, 7) is 8.01. The van der Waals surface area contributed by atoms with Crippen LogP contribution in [0.1, 0.15) is 76.1 Å². The Bertz CT molecular complexity index is 444. The summed E-state index contributed by atoms with van der Waals surface area (Å²) in [6, 6.07) is 0. The van der Waals surface area contributed by atoms with E-state index in [2.05, 4.69) is 29.1 Å². The molecule has 2 rings (SSSR count). The van der Waals surface area contributed by atoms with Crippen LogP contribution in [0.15, 0.2) is 0 Å². The first-order valence-electron chi connectivity index (χ1n) is 8.51. The van der Waals surface area contributed by atoms with Gasteiger partial charge in [0.25, 0.3) is 0 Å².